The van der Waals surface area contributed by atoms with Gasteiger partial charge < -0.3 is 14.6 Å². The van der Waals surface area contributed by atoms with Crippen molar-refractivity contribution in [1.82, 2.24) is 0 Å². The van der Waals surface area contributed by atoms with Crippen molar-refractivity contribution in [3.8, 4) is 11.5 Å². The number of para-hydroxylation sites is 1. The lowest BCUT2D eigenvalue weighted by Crippen LogP contribution is -2.29. The van der Waals surface area contributed by atoms with Gasteiger partial charge in [0.2, 0.25) is 0 Å². The zero-order valence-electron chi connectivity index (χ0n) is 14.1. The van der Waals surface area contributed by atoms with Crippen LogP contribution in [0, 0.1) is 0 Å². The zero-order chi connectivity index (χ0) is 17.6. The maximum atomic E-state index is 12.7. The maximum absolute atomic E-state index is 12.7. The van der Waals surface area contributed by atoms with Crippen LogP contribution in [0.3, 0.4) is 0 Å². The highest BCUT2D eigenvalue weighted by atomic mass is 16.5. The summed E-state index contributed by atoms with van der Waals surface area (Å²) >= 11 is 0. The smallest absolute Gasteiger partial charge is 0.172 e. The summed E-state index contributed by atoms with van der Waals surface area (Å²) in [4.78, 5) is 25.3. The molecule has 0 saturated carbocycles. The molecule has 1 atom stereocenters. The quantitative estimate of drug-likeness (QED) is 0.888. The Morgan fingerprint density at radius 1 is 1.04 bits per heavy atom. The van der Waals surface area contributed by atoms with E-state index in [1.165, 1.54) is 0 Å². The molecule has 1 unspecified atom stereocenters. The molecule has 0 saturated heterocycles. The van der Waals surface area contributed by atoms with E-state index in [4.69, 9.17) is 9.47 Å². The molecule has 1 N–H and O–H groups in total. The predicted molar refractivity (Wildman–Crippen MR) is 90.8 cm³/mol. The van der Waals surface area contributed by atoms with Crippen molar-refractivity contribution in [2.24, 2.45) is 0 Å². The highest BCUT2D eigenvalue weighted by Gasteiger charge is 2.42. The molecule has 0 aromatic heterocycles. The largest absolute Gasteiger partial charge is 0.512 e. The Morgan fingerprint density at radius 3 is 2.48 bits per heavy atom. The van der Waals surface area contributed by atoms with Crippen LogP contribution in [0.1, 0.15) is 50.0 Å². The van der Waals surface area contributed by atoms with Crippen molar-refractivity contribution >= 4 is 11.6 Å². The molecule has 0 radical (unpaired) electrons. The van der Waals surface area contributed by atoms with Crippen molar-refractivity contribution in [3.05, 3.63) is 46.4 Å². The predicted octanol–water partition coefficient (Wildman–Crippen LogP) is 3.74. The van der Waals surface area contributed by atoms with Crippen LogP contribution in [-0.4, -0.2) is 23.8 Å². The lowest BCUT2D eigenvalue weighted by atomic mass is 9.73. The minimum absolute atomic E-state index is 0.00149. The molecular weight excluding hydrogens is 320 g/mol. The number of aliphatic hydroxyl groups is 1. The molecule has 2 aliphatic carbocycles. The maximum Gasteiger partial charge on any atom is 0.172 e. The number of benzene rings is 1. The van der Waals surface area contributed by atoms with Crippen LogP contribution in [0.4, 0.5) is 0 Å². The molecule has 25 heavy (non-hydrogen) atoms. The van der Waals surface area contributed by atoms with Crippen LogP contribution in [0.15, 0.2) is 40.9 Å². The van der Waals surface area contributed by atoms with Crippen LogP contribution >= 0.6 is 0 Å². The van der Waals surface area contributed by atoms with Crippen molar-refractivity contribution < 1.29 is 24.2 Å². The normalized spacial score (nSPS) is 23.2. The van der Waals surface area contributed by atoms with Gasteiger partial charge in [-0.1, -0.05) is 12.1 Å². The average molecular weight is 340 g/mol. The second-order valence-electron chi connectivity index (χ2n) is 6.66. The summed E-state index contributed by atoms with van der Waals surface area (Å²) in [7, 11) is 1.56. The molecule has 1 aromatic rings. The fraction of sp³-hybridized carbons (Fsp3) is 0.400. The first kappa shape index (κ1) is 15.9. The van der Waals surface area contributed by atoms with Crippen molar-refractivity contribution in [1.29, 1.82) is 0 Å². The number of ketones is 2. The Bertz CT molecular complexity index is 830. The molecular formula is C20H20O5. The molecule has 0 amide bonds. The third-order valence-corrected chi connectivity index (χ3v) is 5.18. The average Bonchev–Trinajstić information content (AvgIpc) is 2.60. The molecule has 1 aromatic carbocycles. The van der Waals surface area contributed by atoms with Gasteiger partial charge in [-0.05, 0) is 18.9 Å². The zero-order valence-corrected chi connectivity index (χ0v) is 14.1. The number of allylic oxidation sites excluding steroid dienone is 4. The highest BCUT2D eigenvalue weighted by Crippen LogP contribution is 2.51. The highest BCUT2D eigenvalue weighted by molar-refractivity contribution is 6.05. The summed E-state index contributed by atoms with van der Waals surface area (Å²) < 4.78 is 11.5. The fourth-order valence-corrected chi connectivity index (χ4v) is 4.05. The molecule has 5 heteroatoms. The minimum atomic E-state index is -0.561. The topological polar surface area (TPSA) is 72.8 Å². The van der Waals surface area contributed by atoms with Crippen LogP contribution < -0.4 is 9.47 Å². The summed E-state index contributed by atoms with van der Waals surface area (Å²) in [6.45, 7) is 0. The Kier molecular flexibility index (Phi) is 3.86. The van der Waals surface area contributed by atoms with Gasteiger partial charge in [0.1, 0.15) is 5.76 Å². The molecule has 5 nitrogen and oxygen atoms in total. The lowest BCUT2D eigenvalue weighted by molar-refractivity contribution is -0.117. The number of carbonyl (C=O) groups excluding carboxylic acids is 2. The van der Waals surface area contributed by atoms with Crippen LogP contribution in [0.25, 0.3) is 0 Å². The van der Waals surface area contributed by atoms with Crippen molar-refractivity contribution in [2.75, 3.05) is 7.11 Å². The number of fused-ring (bicyclic) bond motifs is 1. The van der Waals surface area contributed by atoms with E-state index < -0.39 is 5.92 Å². The number of Topliss-reactive ketones (excluding diaryl/α,β-unsaturated/α-hetero) is 2. The minimum Gasteiger partial charge on any atom is -0.512 e. The molecule has 130 valence electrons. The van der Waals surface area contributed by atoms with Crippen LogP contribution in [0.5, 0.6) is 11.5 Å². The van der Waals surface area contributed by atoms with E-state index in [2.05, 4.69) is 0 Å². The molecule has 4 rings (SSSR count). The Hall–Kier alpha value is -2.56. The molecule has 0 bridgehead atoms. The summed E-state index contributed by atoms with van der Waals surface area (Å²) in [5.74, 6) is 1.17. The number of carbonyl (C=O) groups is 2. The number of hydrogen-bond donors (Lipinski definition) is 1. The standard InChI is InChI=1S/C20H20O5/c1-24-16-10-2-5-11-17(18-12(21)6-3-7-13(18)22)19-14(23)8-4-9-15(19)25-20(11)16/h2,5,10,17,21H,3-4,6-9H2,1H3. The summed E-state index contributed by atoms with van der Waals surface area (Å²) in [6, 6.07) is 5.46. The molecule has 3 aliphatic rings. The van der Waals surface area contributed by atoms with Gasteiger partial charge in [0, 0.05) is 42.4 Å². The van der Waals surface area contributed by atoms with Gasteiger partial charge in [0.25, 0.3) is 0 Å². The van der Waals surface area contributed by atoms with Gasteiger partial charge in [0.15, 0.2) is 23.1 Å². The second kappa shape index (κ2) is 6.06. The number of methoxy groups -OCH3 is 1. The van der Waals surface area contributed by atoms with E-state index in [1.54, 1.807) is 13.2 Å². The lowest BCUT2D eigenvalue weighted by Gasteiger charge is -2.35. The number of hydrogen-bond acceptors (Lipinski definition) is 5. The molecule has 0 fully saturated rings. The van der Waals surface area contributed by atoms with Crippen LogP contribution in [0.2, 0.25) is 0 Å². The van der Waals surface area contributed by atoms with Crippen molar-refractivity contribution in [2.45, 2.75) is 44.4 Å². The first-order chi connectivity index (χ1) is 12.1. The number of rotatable bonds is 2. The monoisotopic (exact) mass is 340 g/mol. The summed E-state index contributed by atoms with van der Waals surface area (Å²) in [5, 5.41) is 10.5. The van der Waals surface area contributed by atoms with Gasteiger partial charge in [-0.25, -0.2) is 0 Å². The summed E-state index contributed by atoms with van der Waals surface area (Å²) in [5.41, 5.74) is 1.60. The van der Waals surface area contributed by atoms with E-state index in [1.807, 2.05) is 12.1 Å². The van der Waals surface area contributed by atoms with Gasteiger partial charge in [0.05, 0.1) is 18.8 Å². The van der Waals surface area contributed by atoms with E-state index in [0.29, 0.717) is 66.1 Å². The van der Waals surface area contributed by atoms with E-state index in [0.717, 1.165) is 6.42 Å². The fourth-order valence-electron chi connectivity index (χ4n) is 4.05. The molecule has 1 aliphatic heterocycles. The van der Waals surface area contributed by atoms with Gasteiger partial charge in [-0.15, -0.1) is 0 Å². The van der Waals surface area contributed by atoms with Crippen LogP contribution in [-0.2, 0) is 9.59 Å². The first-order valence-electron chi connectivity index (χ1n) is 8.68. The Balaban J connectivity index is 1.98. The second-order valence-corrected chi connectivity index (χ2v) is 6.66. The first-order valence-corrected chi connectivity index (χ1v) is 8.68. The third kappa shape index (κ3) is 2.46. The van der Waals surface area contributed by atoms with Gasteiger partial charge >= 0.3 is 0 Å². The van der Waals surface area contributed by atoms with E-state index in [-0.39, 0.29) is 17.3 Å². The Morgan fingerprint density at radius 2 is 1.76 bits per heavy atom. The van der Waals surface area contributed by atoms with Gasteiger partial charge in [-0.2, -0.15) is 0 Å². The third-order valence-electron chi connectivity index (χ3n) is 5.18. The number of aliphatic hydroxyl groups excluding tert-OH is 1. The molecule has 1 heterocycles. The van der Waals surface area contributed by atoms with Gasteiger partial charge in [-0.3, -0.25) is 9.59 Å². The SMILES string of the molecule is COc1cccc2c1OC1=C(C(=O)CCC1)C2C1=C(O)CCCC1=O. The van der Waals surface area contributed by atoms with E-state index in [9.17, 15) is 14.7 Å². The summed E-state index contributed by atoms with van der Waals surface area (Å²) in [6.07, 6.45) is 3.33. The van der Waals surface area contributed by atoms with Crippen molar-refractivity contribution in [3.63, 3.8) is 0 Å². The number of ether oxygens (including phenoxy) is 2. The van der Waals surface area contributed by atoms with E-state index >= 15 is 0 Å². The molecule has 0 spiro atoms. The Labute approximate surface area is 145 Å².